The van der Waals surface area contributed by atoms with Gasteiger partial charge in [-0.3, -0.25) is 9.59 Å². The predicted octanol–water partition coefficient (Wildman–Crippen LogP) is 3.89. The first-order valence-electron chi connectivity index (χ1n) is 13.2. The maximum atomic E-state index is 13.3. The number of rotatable bonds is 8. The van der Waals surface area contributed by atoms with Crippen LogP contribution in [0.3, 0.4) is 0 Å². The number of aliphatic hydroxyl groups excluding tert-OH is 1. The van der Waals surface area contributed by atoms with Crippen molar-refractivity contribution in [2.24, 2.45) is 5.92 Å². The van der Waals surface area contributed by atoms with Crippen LogP contribution in [0.1, 0.15) is 43.7 Å². The van der Waals surface area contributed by atoms with E-state index in [1.807, 2.05) is 6.92 Å². The number of hydrogen-bond donors (Lipinski definition) is 3. The van der Waals surface area contributed by atoms with Gasteiger partial charge in [-0.05, 0) is 39.0 Å². The van der Waals surface area contributed by atoms with Gasteiger partial charge < -0.3 is 34.8 Å². The Labute approximate surface area is 236 Å². The van der Waals surface area contributed by atoms with Crippen molar-refractivity contribution in [1.82, 2.24) is 15.0 Å². The van der Waals surface area contributed by atoms with Gasteiger partial charge in [0.15, 0.2) is 5.76 Å². The largest absolute Gasteiger partial charge is 0.488 e. The standard InChI is InChI=1S/C27H36F3N5O6/c1-15-12-35(16(2)14-36)24(38)11-19-10-20(31-23(37)8-9-27(28,29)30)6-7-21(19)40-22(15)13-34(5)26(39)32-25-17(3)33-41-18(25)4/h6-7,10,15-16,22,36H,8-9,11-14H2,1-5H3,(H,31,37)(H,32,39)/t15-,16-,22+/m1/s1. The number of amides is 4. The second kappa shape index (κ2) is 13.2. The molecule has 14 heteroatoms. The average Bonchev–Trinajstić information content (AvgIpc) is 3.23. The molecular weight excluding hydrogens is 547 g/mol. The Kier molecular flexibility index (Phi) is 10.2. The second-order valence-electron chi connectivity index (χ2n) is 10.4. The minimum Gasteiger partial charge on any atom is -0.488 e. The number of aliphatic hydroxyl groups is 1. The molecule has 0 saturated carbocycles. The number of nitrogens with zero attached hydrogens (tertiary/aromatic N) is 3. The Morgan fingerprint density at radius 2 is 1.98 bits per heavy atom. The molecule has 3 rings (SSSR count). The van der Waals surface area contributed by atoms with Gasteiger partial charge in [0.05, 0.1) is 32.0 Å². The quantitative estimate of drug-likeness (QED) is 0.429. The maximum Gasteiger partial charge on any atom is 0.389 e. The first kappa shape index (κ1) is 31.7. The van der Waals surface area contributed by atoms with Gasteiger partial charge >= 0.3 is 12.2 Å². The molecule has 226 valence electrons. The Hall–Kier alpha value is -3.81. The number of alkyl halides is 3. The molecule has 1 aromatic carbocycles. The van der Waals surface area contributed by atoms with Crippen LogP contribution in [0.4, 0.5) is 29.3 Å². The Balaban J connectivity index is 1.85. The summed E-state index contributed by atoms with van der Waals surface area (Å²) in [6, 6.07) is 3.58. The molecule has 2 heterocycles. The first-order chi connectivity index (χ1) is 19.2. The number of aryl methyl sites for hydroxylation is 2. The highest BCUT2D eigenvalue weighted by Gasteiger charge is 2.32. The third-order valence-corrected chi connectivity index (χ3v) is 6.90. The highest BCUT2D eigenvalue weighted by atomic mass is 19.4. The van der Waals surface area contributed by atoms with Crippen molar-refractivity contribution in [2.45, 2.75) is 65.3 Å². The molecule has 3 N–H and O–H groups in total. The lowest BCUT2D eigenvalue weighted by Gasteiger charge is -2.34. The molecule has 0 spiro atoms. The lowest BCUT2D eigenvalue weighted by Crippen LogP contribution is -2.48. The number of hydrogen-bond acceptors (Lipinski definition) is 7. The Morgan fingerprint density at radius 3 is 2.59 bits per heavy atom. The fourth-order valence-corrected chi connectivity index (χ4v) is 4.42. The SMILES string of the molecule is Cc1noc(C)c1NC(=O)N(C)C[C@@H]1Oc2ccc(NC(=O)CCC(F)(F)F)cc2CC(=O)N([C@H](C)CO)C[C@H]1C. The highest BCUT2D eigenvalue weighted by molar-refractivity contribution is 5.91. The molecule has 1 aliphatic heterocycles. The topological polar surface area (TPSA) is 137 Å². The number of benzene rings is 1. The van der Waals surface area contributed by atoms with E-state index in [2.05, 4.69) is 15.8 Å². The highest BCUT2D eigenvalue weighted by Crippen LogP contribution is 2.30. The lowest BCUT2D eigenvalue weighted by molar-refractivity contribution is -0.142. The number of halogens is 3. The summed E-state index contributed by atoms with van der Waals surface area (Å²) in [5, 5.41) is 18.8. The molecule has 1 aliphatic rings. The minimum atomic E-state index is -4.46. The van der Waals surface area contributed by atoms with Crippen LogP contribution in [-0.2, 0) is 16.0 Å². The third-order valence-electron chi connectivity index (χ3n) is 6.90. The molecule has 0 bridgehead atoms. The fourth-order valence-electron chi connectivity index (χ4n) is 4.42. The number of aromatic nitrogens is 1. The molecule has 0 radical (unpaired) electrons. The zero-order valence-electron chi connectivity index (χ0n) is 23.7. The van der Waals surface area contributed by atoms with Gasteiger partial charge in [-0.1, -0.05) is 12.1 Å². The van der Waals surface area contributed by atoms with Crippen LogP contribution < -0.4 is 15.4 Å². The van der Waals surface area contributed by atoms with E-state index >= 15 is 0 Å². The van der Waals surface area contributed by atoms with E-state index in [4.69, 9.17) is 9.26 Å². The van der Waals surface area contributed by atoms with Crippen molar-refractivity contribution in [1.29, 1.82) is 0 Å². The summed E-state index contributed by atoms with van der Waals surface area (Å²) in [6.45, 7) is 7.05. The average molecular weight is 584 g/mol. The van der Waals surface area contributed by atoms with Crippen molar-refractivity contribution in [2.75, 3.05) is 37.4 Å². The molecule has 2 aromatic rings. The molecule has 41 heavy (non-hydrogen) atoms. The van der Waals surface area contributed by atoms with Crippen LogP contribution >= 0.6 is 0 Å². The van der Waals surface area contributed by atoms with Crippen molar-refractivity contribution in [3.8, 4) is 5.75 Å². The summed E-state index contributed by atoms with van der Waals surface area (Å²) >= 11 is 0. The van der Waals surface area contributed by atoms with Gasteiger partial charge in [-0.15, -0.1) is 0 Å². The lowest BCUT2D eigenvalue weighted by atomic mass is 10.0. The van der Waals surface area contributed by atoms with Crippen LogP contribution in [0.15, 0.2) is 22.7 Å². The van der Waals surface area contributed by atoms with Gasteiger partial charge in [-0.25, -0.2) is 4.79 Å². The van der Waals surface area contributed by atoms with E-state index in [0.717, 1.165) is 0 Å². The number of carbonyl (C=O) groups excluding carboxylic acids is 3. The second-order valence-corrected chi connectivity index (χ2v) is 10.4. The van der Waals surface area contributed by atoms with E-state index in [9.17, 15) is 32.7 Å². The number of likely N-dealkylation sites (N-methyl/N-ethyl adjacent to an activating group) is 1. The van der Waals surface area contributed by atoms with E-state index in [0.29, 0.717) is 28.5 Å². The van der Waals surface area contributed by atoms with Crippen molar-refractivity contribution >= 4 is 29.2 Å². The molecule has 4 amide bonds. The van der Waals surface area contributed by atoms with Crippen molar-refractivity contribution in [3.63, 3.8) is 0 Å². The van der Waals surface area contributed by atoms with Crippen LogP contribution in [-0.4, -0.2) is 83.0 Å². The molecule has 0 unspecified atom stereocenters. The minimum absolute atomic E-state index is 0.126. The van der Waals surface area contributed by atoms with E-state index in [1.54, 1.807) is 27.8 Å². The monoisotopic (exact) mass is 583 g/mol. The summed E-state index contributed by atoms with van der Waals surface area (Å²) in [5.74, 6) is -0.602. The Bertz CT molecular complexity index is 1230. The molecule has 0 saturated heterocycles. The third kappa shape index (κ3) is 8.59. The first-order valence-corrected chi connectivity index (χ1v) is 13.2. The number of urea groups is 1. The molecule has 11 nitrogen and oxygen atoms in total. The van der Waals surface area contributed by atoms with Crippen LogP contribution in [0.25, 0.3) is 0 Å². The van der Waals surface area contributed by atoms with Gasteiger partial charge in [-0.2, -0.15) is 13.2 Å². The van der Waals surface area contributed by atoms with Crippen LogP contribution in [0.5, 0.6) is 5.75 Å². The van der Waals surface area contributed by atoms with Crippen LogP contribution in [0.2, 0.25) is 0 Å². The number of anilines is 2. The Morgan fingerprint density at radius 1 is 1.27 bits per heavy atom. The zero-order chi connectivity index (χ0) is 30.5. The smallest absolute Gasteiger partial charge is 0.389 e. The van der Waals surface area contributed by atoms with E-state index < -0.39 is 43.1 Å². The number of carbonyl (C=O) groups is 3. The fraction of sp³-hybridized carbons (Fsp3) is 0.556. The number of nitrogens with one attached hydrogen (secondary N) is 2. The summed E-state index contributed by atoms with van der Waals surface area (Å²) in [7, 11) is 1.59. The number of ether oxygens (including phenoxy) is 1. The summed E-state index contributed by atoms with van der Waals surface area (Å²) in [4.78, 5) is 41.3. The molecule has 0 aliphatic carbocycles. The van der Waals surface area contributed by atoms with Gasteiger partial charge in [0.2, 0.25) is 11.8 Å². The number of fused-ring (bicyclic) bond motifs is 1. The van der Waals surface area contributed by atoms with E-state index in [1.165, 1.54) is 28.0 Å². The predicted molar refractivity (Wildman–Crippen MR) is 144 cm³/mol. The molecule has 0 fully saturated rings. The normalized spacial score (nSPS) is 18.4. The summed E-state index contributed by atoms with van der Waals surface area (Å²) < 4.78 is 49.0. The molecule has 1 aromatic heterocycles. The summed E-state index contributed by atoms with van der Waals surface area (Å²) in [5.41, 5.74) is 1.61. The van der Waals surface area contributed by atoms with Gasteiger partial charge in [0.1, 0.15) is 23.2 Å². The molecule has 3 atom stereocenters. The summed E-state index contributed by atoms with van der Waals surface area (Å²) in [6.07, 6.45) is -7.18. The van der Waals surface area contributed by atoms with Crippen molar-refractivity contribution < 1.29 is 41.9 Å². The molecular formula is C27H36F3N5O6. The van der Waals surface area contributed by atoms with Gasteiger partial charge in [0.25, 0.3) is 0 Å². The van der Waals surface area contributed by atoms with Crippen molar-refractivity contribution in [3.05, 3.63) is 35.2 Å². The maximum absolute atomic E-state index is 13.3. The zero-order valence-corrected chi connectivity index (χ0v) is 23.7. The van der Waals surface area contributed by atoms with E-state index in [-0.39, 0.29) is 43.6 Å². The van der Waals surface area contributed by atoms with Crippen LogP contribution in [0, 0.1) is 19.8 Å². The van der Waals surface area contributed by atoms with Gasteiger partial charge in [0, 0.05) is 37.2 Å².